The minimum absolute atomic E-state index is 0.0927. The van der Waals surface area contributed by atoms with Crippen molar-refractivity contribution in [3.8, 4) is 0 Å². The molecule has 0 saturated carbocycles. The zero-order chi connectivity index (χ0) is 16.7. The number of rotatable bonds is 2. The van der Waals surface area contributed by atoms with Crippen LogP contribution in [0.4, 0.5) is 5.95 Å². The first-order chi connectivity index (χ1) is 11.6. The molecule has 2 atom stereocenters. The summed E-state index contributed by atoms with van der Waals surface area (Å²) in [5.41, 5.74) is 0. The van der Waals surface area contributed by atoms with Crippen molar-refractivity contribution in [2.24, 2.45) is 0 Å². The summed E-state index contributed by atoms with van der Waals surface area (Å²) in [6.45, 7) is 4.83. The molecule has 0 unspecified atom stereocenters. The Kier molecular flexibility index (Phi) is 3.86. The van der Waals surface area contributed by atoms with E-state index in [1.165, 1.54) is 0 Å². The monoisotopic (exact) mass is 347 g/mol. The van der Waals surface area contributed by atoms with Gasteiger partial charge in [-0.1, -0.05) is 0 Å². The molecule has 3 aliphatic heterocycles. The van der Waals surface area contributed by atoms with Crippen LogP contribution in [0.3, 0.4) is 0 Å². The second-order valence-corrected chi connectivity index (χ2v) is 8.13. The maximum atomic E-state index is 12.9. The van der Waals surface area contributed by atoms with Crippen molar-refractivity contribution in [3.63, 3.8) is 0 Å². The number of aromatic nitrogens is 2. The molecule has 4 rings (SSSR count). The van der Waals surface area contributed by atoms with E-state index in [-0.39, 0.29) is 22.7 Å². The number of anilines is 1. The van der Waals surface area contributed by atoms with Gasteiger partial charge in [0.2, 0.25) is 17.8 Å². The van der Waals surface area contributed by atoms with Gasteiger partial charge in [0, 0.05) is 50.7 Å². The predicted octanol–water partition coefficient (Wildman–Crippen LogP) is 0.579. The van der Waals surface area contributed by atoms with Crippen LogP contribution in [0.5, 0.6) is 0 Å². The number of piperazine rings is 1. The van der Waals surface area contributed by atoms with Gasteiger partial charge in [0.05, 0.1) is 4.87 Å². The molecule has 3 saturated heterocycles. The Labute approximate surface area is 145 Å². The average molecular weight is 347 g/mol. The highest BCUT2D eigenvalue weighted by Gasteiger charge is 2.53. The lowest BCUT2D eigenvalue weighted by Crippen LogP contribution is -2.56. The van der Waals surface area contributed by atoms with Crippen LogP contribution in [0.25, 0.3) is 0 Å². The van der Waals surface area contributed by atoms with E-state index < -0.39 is 0 Å². The molecule has 24 heavy (non-hydrogen) atoms. The highest BCUT2D eigenvalue weighted by molar-refractivity contribution is 8.01. The van der Waals surface area contributed by atoms with E-state index >= 15 is 0 Å². The highest BCUT2D eigenvalue weighted by atomic mass is 32.2. The molecule has 4 heterocycles. The lowest BCUT2D eigenvalue weighted by Gasteiger charge is -2.38. The van der Waals surface area contributed by atoms with Gasteiger partial charge >= 0.3 is 0 Å². The quantitative estimate of drug-likeness (QED) is 0.779. The Morgan fingerprint density at radius 3 is 2.67 bits per heavy atom. The summed E-state index contributed by atoms with van der Waals surface area (Å²) >= 11 is 1.74. The number of hydrogen-bond donors (Lipinski definition) is 0. The van der Waals surface area contributed by atoms with Gasteiger partial charge in [-0.05, 0) is 19.4 Å². The van der Waals surface area contributed by atoms with Crippen molar-refractivity contribution in [2.45, 2.75) is 30.7 Å². The molecule has 0 N–H and O–H groups in total. The number of nitrogens with zero attached hydrogens (tertiary/aromatic N) is 5. The third kappa shape index (κ3) is 2.53. The van der Waals surface area contributed by atoms with E-state index in [9.17, 15) is 9.59 Å². The summed E-state index contributed by atoms with van der Waals surface area (Å²) in [7, 11) is 0. The largest absolute Gasteiger partial charge is 0.337 e. The molecule has 0 aliphatic carbocycles. The SMILES string of the molecule is C[C@]12CCC(=O)N1[C@H](C(=O)N1CCN(c3ncccn3)CC1)CS2. The Bertz CT molecular complexity index is 649. The van der Waals surface area contributed by atoms with Crippen LogP contribution in [-0.2, 0) is 9.59 Å². The Morgan fingerprint density at radius 2 is 1.96 bits per heavy atom. The fourth-order valence-electron chi connectivity index (χ4n) is 3.80. The Hall–Kier alpha value is -1.83. The van der Waals surface area contributed by atoms with E-state index in [2.05, 4.69) is 21.8 Å². The minimum Gasteiger partial charge on any atom is -0.337 e. The summed E-state index contributed by atoms with van der Waals surface area (Å²) in [6.07, 6.45) is 4.87. The molecule has 0 spiro atoms. The van der Waals surface area contributed by atoms with Crippen molar-refractivity contribution in [2.75, 3.05) is 36.8 Å². The standard InChI is InChI=1S/C16H21N5O2S/c1-16-4-3-13(22)21(16)12(11-24-16)14(23)19-7-9-20(10-8-19)15-17-5-2-6-18-15/h2,5-6,12H,3-4,7-11H2,1H3/t12-,16-/m0/s1. The number of carbonyl (C=O) groups is 2. The van der Waals surface area contributed by atoms with Gasteiger partial charge in [0.15, 0.2) is 0 Å². The molecule has 128 valence electrons. The van der Waals surface area contributed by atoms with Gasteiger partial charge in [0.25, 0.3) is 0 Å². The smallest absolute Gasteiger partial charge is 0.246 e. The maximum absolute atomic E-state index is 12.9. The van der Waals surface area contributed by atoms with Gasteiger partial charge in [-0.25, -0.2) is 9.97 Å². The fraction of sp³-hybridized carbons (Fsp3) is 0.625. The maximum Gasteiger partial charge on any atom is 0.246 e. The first-order valence-corrected chi connectivity index (χ1v) is 9.34. The molecule has 1 aromatic heterocycles. The topological polar surface area (TPSA) is 69.6 Å². The highest BCUT2D eigenvalue weighted by Crippen LogP contribution is 2.47. The molecule has 0 aromatic carbocycles. The van der Waals surface area contributed by atoms with E-state index in [0.717, 1.165) is 19.5 Å². The summed E-state index contributed by atoms with van der Waals surface area (Å²) in [5.74, 6) is 1.64. The van der Waals surface area contributed by atoms with Crippen LogP contribution in [-0.4, -0.2) is 74.4 Å². The van der Waals surface area contributed by atoms with Gasteiger partial charge in [0.1, 0.15) is 6.04 Å². The number of hydrogen-bond acceptors (Lipinski definition) is 6. The molecule has 2 amide bonds. The normalized spacial score (nSPS) is 30.0. The van der Waals surface area contributed by atoms with Crippen molar-refractivity contribution in [3.05, 3.63) is 18.5 Å². The summed E-state index contributed by atoms with van der Waals surface area (Å²) in [4.78, 5) is 39.3. The van der Waals surface area contributed by atoms with Crippen LogP contribution in [0.15, 0.2) is 18.5 Å². The van der Waals surface area contributed by atoms with Crippen molar-refractivity contribution in [1.29, 1.82) is 0 Å². The lowest BCUT2D eigenvalue weighted by atomic mass is 10.2. The summed E-state index contributed by atoms with van der Waals surface area (Å²) in [5, 5.41) is 0. The van der Waals surface area contributed by atoms with E-state index in [1.54, 1.807) is 30.2 Å². The van der Waals surface area contributed by atoms with Crippen molar-refractivity contribution >= 4 is 29.5 Å². The fourth-order valence-corrected chi connectivity index (χ4v) is 5.22. The zero-order valence-corrected chi connectivity index (χ0v) is 14.5. The first kappa shape index (κ1) is 15.7. The van der Waals surface area contributed by atoms with Gasteiger partial charge in [-0.2, -0.15) is 0 Å². The summed E-state index contributed by atoms with van der Waals surface area (Å²) < 4.78 is 0. The molecular weight excluding hydrogens is 326 g/mol. The molecule has 0 radical (unpaired) electrons. The number of carbonyl (C=O) groups excluding carboxylic acids is 2. The first-order valence-electron chi connectivity index (χ1n) is 8.35. The molecule has 8 heteroatoms. The van der Waals surface area contributed by atoms with Crippen LogP contribution >= 0.6 is 11.8 Å². The second kappa shape index (κ2) is 5.91. The molecule has 1 aromatic rings. The lowest BCUT2D eigenvalue weighted by molar-refractivity contribution is -0.143. The average Bonchev–Trinajstić information content (AvgIpc) is 3.11. The zero-order valence-electron chi connectivity index (χ0n) is 13.7. The number of thioether (sulfide) groups is 1. The number of amides is 2. The van der Waals surface area contributed by atoms with Crippen molar-refractivity contribution < 1.29 is 9.59 Å². The van der Waals surface area contributed by atoms with Crippen molar-refractivity contribution in [1.82, 2.24) is 19.8 Å². The Balaban J connectivity index is 1.41. The molecule has 0 bridgehead atoms. The molecule has 3 aliphatic rings. The molecule has 3 fully saturated rings. The van der Waals surface area contributed by atoms with Crippen LogP contribution in [0, 0.1) is 0 Å². The molecule has 7 nitrogen and oxygen atoms in total. The molecular formula is C16H21N5O2S. The number of fused-ring (bicyclic) bond motifs is 1. The van der Waals surface area contributed by atoms with E-state index in [4.69, 9.17) is 0 Å². The predicted molar refractivity (Wildman–Crippen MR) is 91.6 cm³/mol. The van der Waals surface area contributed by atoms with E-state index in [0.29, 0.717) is 31.2 Å². The van der Waals surface area contributed by atoms with E-state index in [1.807, 2.05) is 9.80 Å². The Morgan fingerprint density at radius 1 is 1.25 bits per heavy atom. The van der Waals surface area contributed by atoms with Gasteiger partial charge in [-0.15, -0.1) is 11.8 Å². The van der Waals surface area contributed by atoms with Gasteiger partial charge in [-0.3, -0.25) is 9.59 Å². The minimum atomic E-state index is -0.297. The third-order valence-corrected chi connectivity index (χ3v) is 6.66. The summed E-state index contributed by atoms with van der Waals surface area (Å²) in [6, 6.07) is 1.50. The second-order valence-electron chi connectivity index (χ2n) is 6.63. The van der Waals surface area contributed by atoms with Crippen LogP contribution < -0.4 is 4.90 Å². The van der Waals surface area contributed by atoms with Crippen LogP contribution in [0.2, 0.25) is 0 Å². The van der Waals surface area contributed by atoms with Crippen LogP contribution in [0.1, 0.15) is 19.8 Å². The third-order valence-electron chi connectivity index (χ3n) is 5.16. The van der Waals surface area contributed by atoms with Gasteiger partial charge < -0.3 is 14.7 Å².